The SMILES string of the molecule is CCOc1ccccc1NC(=O)c1c[nH]c2c(c(C)nn2-c2ccc(C)cc2)c1=O. The minimum absolute atomic E-state index is 0.0142. The fourth-order valence-corrected chi connectivity index (χ4v) is 3.36. The van der Waals surface area contributed by atoms with Crippen molar-refractivity contribution in [2.75, 3.05) is 11.9 Å². The second-order valence-corrected chi connectivity index (χ2v) is 6.97. The van der Waals surface area contributed by atoms with Crippen LogP contribution >= 0.6 is 0 Å². The maximum absolute atomic E-state index is 13.1. The number of carbonyl (C=O) groups excluding carboxylic acids is 1. The van der Waals surface area contributed by atoms with Gasteiger partial charge in [0.05, 0.1) is 29.1 Å². The van der Waals surface area contributed by atoms with Gasteiger partial charge in [0.15, 0.2) is 0 Å². The average Bonchev–Trinajstić information content (AvgIpc) is 3.07. The van der Waals surface area contributed by atoms with Crippen molar-refractivity contribution in [3.05, 3.63) is 81.8 Å². The normalized spacial score (nSPS) is 10.9. The number of benzene rings is 2. The van der Waals surface area contributed by atoms with Crippen molar-refractivity contribution in [1.29, 1.82) is 0 Å². The van der Waals surface area contributed by atoms with E-state index < -0.39 is 5.91 Å². The van der Waals surface area contributed by atoms with Crippen LogP contribution in [0.4, 0.5) is 5.69 Å². The van der Waals surface area contributed by atoms with Gasteiger partial charge in [-0.25, -0.2) is 4.68 Å². The van der Waals surface area contributed by atoms with Gasteiger partial charge in [-0.3, -0.25) is 9.59 Å². The molecular weight excluding hydrogens is 380 g/mol. The molecule has 7 nitrogen and oxygen atoms in total. The number of anilines is 1. The zero-order chi connectivity index (χ0) is 21.3. The molecule has 0 atom stereocenters. The Hall–Kier alpha value is -3.87. The lowest BCUT2D eigenvalue weighted by molar-refractivity contribution is 0.102. The number of hydrogen-bond donors (Lipinski definition) is 2. The van der Waals surface area contributed by atoms with Gasteiger partial charge in [0.2, 0.25) is 5.43 Å². The first kappa shape index (κ1) is 19.4. The molecule has 2 aromatic heterocycles. The molecule has 0 aliphatic carbocycles. The van der Waals surface area contributed by atoms with Crippen molar-refractivity contribution in [2.24, 2.45) is 0 Å². The molecule has 0 aliphatic rings. The highest BCUT2D eigenvalue weighted by Crippen LogP contribution is 2.24. The smallest absolute Gasteiger partial charge is 0.261 e. The van der Waals surface area contributed by atoms with E-state index in [0.29, 0.717) is 34.8 Å². The van der Waals surface area contributed by atoms with E-state index in [-0.39, 0.29) is 11.0 Å². The summed E-state index contributed by atoms with van der Waals surface area (Å²) in [5, 5.41) is 7.67. The molecule has 7 heteroatoms. The van der Waals surface area contributed by atoms with E-state index >= 15 is 0 Å². The molecular formula is C23H22N4O3. The van der Waals surface area contributed by atoms with Crippen LogP contribution in [0.15, 0.2) is 59.5 Å². The first-order valence-electron chi connectivity index (χ1n) is 9.71. The molecule has 0 saturated heterocycles. The van der Waals surface area contributed by atoms with Gasteiger partial charge in [0.25, 0.3) is 5.91 Å². The predicted octanol–water partition coefficient (Wildman–Crippen LogP) is 3.98. The van der Waals surface area contributed by atoms with E-state index in [4.69, 9.17) is 4.74 Å². The van der Waals surface area contributed by atoms with Crippen LogP contribution in [0.1, 0.15) is 28.5 Å². The molecule has 2 heterocycles. The zero-order valence-electron chi connectivity index (χ0n) is 17.0. The molecule has 2 N–H and O–H groups in total. The molecule has 1 amide bonds. The van der Waals surface area contributed by atoms with Gasteiger partial charge in [-0.2, -0.15) is 5.10 Å². The van der Waals surface area contributed by atoms with Gasteiger partial charge in [0.1, 0.15) is 17.0 Å². The van der Waals surface area contributed by atoms with Gasteiger partial charge in [0, 0.05) is 6.20 Å². The van der Waals surface area contributed by atoms with E-state index in [9.17, 15) is 9.59 Å². The monoisotopic (exact) mass is 402 g/mol. The Labute approximate surface area is 173 Å². The number of H-pyrrole nitrogens is 1. The van der Waals surface area contributed by atoms with Gasteiger partial charge in [-0.05, 0) is 45.0 Å². The van der Waals surface area contributed by atoms with E-state index in [1.807, 2.05) is 44.2 Å². The van der Waals surface area contributed by atoms with Crippen LogP contribution in [-0.2, 0) is 0 Å². The molecule has 30 heavy (non-hydrogen) atoms. The maximum Gasteiger partial charge on any atom is 0.261 e. The van der Waals surface area contributed by atoms with Crippen LogP contribution < -0.4 is 15.5 Å². The van der Waals surface area contributed by atoms with Crippen LogP contribution in [0.5, 0.6) is 5.75 Å². The Morgan fingerprint density at radius 3 is 2.60 bits per heavy atom. The van der Waals surface area contributed by atoms with Crippen LogP contribution in [0.3, 0.4) is 0 Å². The molecule has 0 radical (unpaired) electrons. The zero-order valence-corrected chi connectivity index (χ0v) is 17.0. The highest BCUT2D eigenvalue weighted by atomic mass is 16.5. The molecule has 0 aliphatic heterocycles. The standard InChI is InChI=1S/C23H22N4O3/c1-4-30-19-8-6-5-7-18(19)25-23(29)17-13-24-22-20(21(17)28)15(3)26-27(22)16-11-9-14(2)10-12-16/h5-13H,4H2,1-3H3,(H,24,28)(H,25,29). The van der Waals surface area contributed by atoms with Gasteiger partial charge in [-0.15, -0.1) is 0 Å². The Balaban J connectivity index is 1.74. The van der Waals surface area contributed by atoms with Crippen LogP contribution in [-0.4, -0.2) is 27.3 Å². The summed E-state index contributed by atoms with van der Waals surface area (Å²) in [6.07, 6.45) is 1.43. The number of amides is 1. The first-order chi connectivity index (χ1) is 14.5. The number of nitrogens with zero attached hydrogens (tertiary/aromatic N) is 2. The summed E-state index contributed by atoms with van der Waals surface area (Å²) in [5.41, 5.74) is 3.22. The Bertz CT molecular complexity index is 1290. The van der Waals surface area contributed by atoms with Gasteiger partial charge in [-0.1, -0.05) is 29.8 Å². The predicted molar refractivity (Wildman–Crippen MR) is 117 cm³/mol. The largest absolute Gasteiger partial charge is 0.492 e. The average molecular weight is 402 g/mol. The van der Waals surface area contributed by atoms with Gasteiger partial charge >= 0.3 is 0 Å². The third-order valence-electron chi connectivity index (χ3n) is 4.84. The van der Waals surface area contributed by atoms with E-state index in [1.165, 1.54) is 6.20 Å². The molecule has 2 aromatic carbocycles. The fraction of sp³-hybridized carbons (Fsp3) is 0.174. The van der Waals surface area contributed by atoms with Crippen LogP contribution in [0.2, 0.25) is 0 Å². The molecule has 4 aromatic rings. The molecule has 152 valence electrons. The Morgan fingerprint density at radius 2 is 1.87 bits per heavy atom. The lowest BCUT2D eigenvalue weighted by atomic mass is 10.1. The van der Waals surface area contributed by atoms with E-state index in [2.05, 4.69) is 15.4 Å². The number of para-hydroxylation sites is 2. The minimum Gasteiger partial charge on any atom is -0.492 e. The minimum atomic E-state index is -0.507. The number of aryl methyl sites for hydroxylation is 2. The summed E-state index contributed by atoms with van der Waals surface area (Å²) in [6.45, 7) is 6.10. The van der Waals surface area contributed by atoms with Crippen molar-refractivity contribution in [3.63, 3.8) is 0 Å². The fourth-order valence-electron chi connectivity index (χ4n) is 3.36. The summed E-state index contributed by atoms with van der Waals surface area (Å²) < 4.78 is 7.22. The molecule has 0 saturated carbocycles. The second-order valence-electron chi connectivity index (χ2n) is 6.97. The highest BCUT2D eigenvalue weighted by molar-refractivity contribution is 6.06. The lowest BCUT2D eigenvalue weighted by Gasteiger charge is -2.11. The highest BCUT2D eigenvalue weighted by Gasteiger charge is 2.19. The van der Waals surface area contributed by atoms with Crippen LogP contribution in [0, 0.1) is 13.8 Å². The van der Waals surface area contributed by atoms with Crippen LogP contribution in [0.25, 0.3) is 16.7 Å². The number of pyridine rings is 1. The van der Waals surface area contributed by atoms with Crippen molar-refractivity contribution in [2.45, 2.75) is 20.8 Å². The molecule has 0 spiro atoms. The number of fused-ring (bicyclic) bond motifs is 1. The van der Waals surface area contributed by atoms with Crippen molar-refractivity contribution < 1.29 is 9.53 Å². The summed E-state index contributed by atoms with van der Waals surface area (Å²) in [7, 11) is 0. The number of carbonyl (C=O) groups is 1. The number of aromatic amines is 1. The van der Waals surface area contributed by atoms with Gasteiger partial charge < -0.3 is 15.0 Å². The topological polar surface area (TPSA) is 89.0 Å². The number of ether oxygens (including phenoxy) is 1. The first-order valence-corrected chi connectivity index (χ1v) is 9.71. The Kier molecular flexibility index (Phi) is 5.10. The van der Waals surface area contributed by atoms with E-state index in [1.54, 1.807) is 29.8 Å². The van der Waals surface area contributed by atoms with E-state index in [0.717, 1.165) is 11.3 Å². The number of hydrogen-bond acceptors (Lipinski definition) is 4. The molecule has 0 fully saturated rings. The second kappa shape index (κ2) is 7.87. The quantitative estimate of drug-likeness (QED) is 0.528. The third-order valence-corrected chi connectivity index (χ3v) is 4.84. The third kappa shape index (κ3) is 3.45. The summed E-state index contributed by atoms with van der Waals surface area (Å²) in [6, 6.07) is 14.9. The molecule has 0 unspecified atom stereocenters. The number of rotatable bonds is 5. The van der Waals surface area contributed by atoms with Crippen molar-refractivity contribution >= 4 is 22.6 Å². The van der Waals surface area contributed by atoms with Crippen molar-refractivity contribution in [3.8, 4) is 11.4 Å². The van der Waals surface area contributed by atoms with Crippen molar-refractivity contribution in [1.82, 2.24) is 14.8 Å². The Morgan fingerprint density at radius 1 is 1.13 bits per heavy atom. The lowest BCUT2D eigenvalue weighted by Crippen LogP contribution is -2.22. The maximum atomic E-state index is 13.1. The molecule has 4 rings (SSSR count). The summed E-state index contributed by atoms with van der Waals surface area (Å²) in [5.74, 6) is 0.0435. The number of nitrogens with one attached hydrogen (secondary N) is 2. The summed E-state index contributed by atoms with van der Waals surface area (Å²) in [4.78, 5) is 29.0. The molecule has 0 bridgehead atoms. The summed E-state index contributed by atoms with van der Waals surface area (Å²) >= 11 is 0. The number of aromatic nitrogens is 3.